The highest BCUT2D eigenvalue weighted by atomic mass is 16.7. The first kappa shape index (κ1) is 13.6. The van der Waals surface area contributed by atoms with E-state index in [0.717, 1.165) is 0 Å². The third-order valence-electron chi connectivity index (χ3n) is 2.35. The largest absolute Gasteiger partial charge is 0.382 e. The van der Waals surface area contributed by atoms with E-state index in [9.17, 15) is 9.90 Å². The molecule has 17 heavy (non-hydrogen) atoms. The molecule has 0 bridgehead atoms. The van der Waals surface area contributed by atoms with Crippen molar-refractivity contribution in [2.75, 3.05) is 14.2 Å². The zero-order valence-electron chi connectivity index (χ0n) is 10.1. The summed E-state index contributed by atoms with van der Waals surface area (Å²) in [5.74, 6) is -0.595. The molecule has 0 aliphatic heterocycles. The Morgan fingerprint density at radius 3 is 2.41 bits per heavy atom. The second kappa shape index (κ2) is 5.27. The zero-order chi connectivity index (χ0) is 13.1. The molecule has 0 saturated heterocycles. The third-order valence-corrected chi connectivity index (χ3v) is 2.35. The van der Waals surface area contributed by atoms with E-state index < -0.39 is 17.8 Å². The lowest BCUT2D eigenvalue weighted by molar-refractivity contribution is -0.114. The topological polar surface area (TPSA) is 81.8 Å². The van der Waals surface area contributed by atoms with Crippen molar-refractivity contribution in [2.45, 2.75) is 18.8 Å². The molecule has 1 unspecified atom stereocenters. The molecule has 0 heterocycles. The van der Waals surface area contributed by atoms with E-state index in [2.05, 4.69) is 0 Å². The van der Waals surface area contributed by atoms with Crippen molar-refractivity contribution in [3.8, 4) is 0 Å². The van der Waals surface area contributed by atoms with Crippen molar-refractivity contribution < 1.29 is 19.4 Å². The van der Waals surface area contributed by atoms with Gasteiger partial charge in [-0.05, 0) is 25.2 Å². The number of amides is 1. The van der Waals surface area contributed by atoms with Gasteiger partial charge < -0.3 is 20.3 Å². The molecule has 0 radical (unpaired) electrons. The number of rotatable bonds is 4. The standard InChI is InChI=1S/C12H17NO4/c1-12(15)6-8(10(13)14)4-5-9(7-12)11(16-2)17-3/h4-7,11,15H,1-3H3,(H2,13,14). The number of methoxy groups -OCH3 is 2. The molecule has 1 amide bonds. The van der Waals surface area contributed by atoms with Crippen LogP contribution in [0.15, 0.2) is 35.5 Å². The highest BCUT2D eigenvalue weighted by Gasteiger charge is 2.22. The average Bonchev–Trinajstić information content (AvgIpc) is 2.39. The van der Waals surface area contributed by atoms with Crippen molar-refractivity contribution in [1.82, 2.24) is 0 Å². The summed E-state index contributed by atoms with van der Waals surface area (Å²) in [4.78, 5) is 11.1. The molecule has 0 aromatic heterocycles. The van der Waals surface area contributed by atoms with Gasteiger partial charge >= 0.3 is 0 Å². The van der Waals surface area contributed by atoms with Crippen molar-refractivity contribution in [3.63, 3.8) is 0 Å². The molecule has 1 rings (SSSR count). The molecule has 1 aliphatic rings. The number of aliphatic hydroxyl groups is 1. The van der Waals surface area contributed by atoms with Crippen LogP contribution < -0.4 is 5.73 Å². The van der Waals surface area contributed by atoms with Crippen molar-refractivity contribution >= 4 is 5.91 Å². The van der Waals surface area contributed by atoms with Crippen molar-refractivity contribution in [3.05, 3.63) is 35.5 Å². The second-order valence-electron chi connectivity index (χ2n) is 3.97. The van der Waals surface area contributed by atoms with Crippen LogP contribution in [-0.4, -0.2) is 37.1 Å². The first-order valence-corrected chi connectivity index (χ1v) is 5.11. The average molecular weight is 239 g/mol. The van der Waals surface area contributed by atoms with Gasteiger partial charge in [0.1, 0.15) is 0 Å². The maximum absolute atomic E-state index is 11.1. The molecule has 0 aromatic rings. The van der Waals surface area contributed by atoms with Crippen LogP contribution in [0.25, 0.3) is 0 Å². The summed E-state index contributed by atoms with van der Waals surface area (Å²) in [5.41, 5.74) is 4.77. The summed E-state index contributed by atoms with van der Waals surface area (Å²) < 4.78 is 10.2. The molecule has 0 spiro atoms. The van der Waals surface area contributed by atoms with Gasteiger partial charge in [-0.15, -0.1) is 0 Å². The van der Waals surface area contributed by atoms with Gasteiger partial charge in [0.15, 0.2) is 6.29 Å². The number of hydrogen-bond donors (Lipinski definition) is 2. The number of carbonyl (C=O) groups is 1. The number of ether oxygens (including phenoxy) is 2. The Morgan fingerprint density at radius 2 is 1.94 bits per heavy atom. The molecule has 0 fully saturated rings. The van der Waals surface area contributed by atoms with Crippen molar-refractivity contribution in [1.29, 1.82) is 0 Å². The molecule has 1 aliphatic carbocycles. The Hall–Kier alpha value is -1.43. The Kier molecular flexibility index (Phi) is 4.22. The van der Waals surface area contributed by atoms with E-state index in [1.165, 1.54) is 26.4 Å². The Bertz CT molecular complexity index is 389. The molecule has 1 atom stereocenters. The molecular formula is C12H17NO4. The molecule has 3 N–H and O–H groups in total. The molecule has 0 saturated carbocycles. The molecule has 94 valence electrons. The van der Waals surface area contributed by atoms with Crippen LogP contribution in [0.3, 0.4) is 0 Å². The second-order valence-corrected chi connectivity index (χ2v) is 3.97. The molecule has 5 heteroatoms. The lowest BCUT2D eigenvalue weighted by Gasteiger charge is -2.19. The normalized spacial score (nSPS) is 24.3. The number of hydrogen-bond acceptors (Lipinski definition) is 4. The van der Waals surface area contributed by atoms with Gasteiger partial charge in [0.05, 0.1) is 5.60 Å². The fraction of sp³-hybridized carbons (Fsp3) is 0.417. The lowest BCUT2D eigenvalue weighted by atomic mass is 10.0. The van der Waals surface area contributed by atoms with E-state index in [4.69, 9.17) is 15.2 Å². The lowest BCUT2D eigenvalue weighted by Crippen LogP contribution is -2.23. The highest BCUT2D eigenvalue weighted by Crippen LogP contribution is 2.22. The SMILES string of the molecule is COC(OC)C1=CC(C)(O)C=C(C(N)=O)C=C1. The minimum Gasteiger partial charge on any atom is -0.382 e. The minimum absolute atomic E-state index is 0.243. The van der Waals surface area contributed by atoms with Crippen LogP contribution >= 0.6 is 0 Å². The molecular weight excluding hydrogens is 222 g/mol. The van der Waals surface area contributed by atoms with E-state index in [1.807, 2.05) is 0 Å². The van der Waals surface area contributed by atoms with Gasteiger partial charge in [0.2, 0.25) is 5.91 Å². The summed E-state index contributed by atoms with van der Waals surface area (Å²) in [6.07, 6.45) is 5.51. The first-order valence-electron chi connectivity index (χ1n) is 5.11. The van der Waals surface area contributed by atoms with E-state index in [0.29, 0.717) is 5.57 Å². The Morgan fingerprint density at radius 1 is 1.35 bits per heavy atom. The summed E-state index contributed by atoms with van der Waals surface area (Å²) in [5, 5.41) is 10.1. The Balaban J connectivity index is 3.11. The van der Waals surface area contributed by atoms with Crippen LogP contribution in [-0.2, 0) is 14.3 Å². The highest BCUT2D eigenvalue weighted by molar-refractivity contribution is 5.95. The Labute approximate surface area is 100 Å². The van der Waals surface area contributed by atoms with E-state index in [1.54, 1.807) is 19.1 Å². The van der Waals surface area contributed by atoms with Crippen molar-refractivity contribution in [2.24, 2.45) is 5.73 Å². The summed E-state index contributed by atoms with van der Waals surface area (Å²) >= 11 is 0. The predicted octanol–water partition coefficient (Wildman–Crippen LogP) is 0.264. The van der Waals surface area contributed by atoms with Crippen LogP contribution in [0.1, 0.15) is 6.92 Å². The number of carbonyl (C=O) groups excluding carboxylic acids is 1. The monoisotopic (exact) mass is 239 g/mol. The zero-order valence-corrected chi connectivity index (χ0v) is 10.1. The summed E-state index contributed by atoms with van der Waals surface area (Å²) in [6.45, 7) is 1.55. The maximum atomic E-state index is 11.1. The minimum atomic E-state index is -1.28. The number of primary amides is 1. The van der Waals surface area contributed by atoms with Crippen LogP contribution in [0.2, 0.25) is 0 Å². The fourth-order valence-electron chi connectivity index (χ4n) is 1.64. The third kappa shape index (κ3) is 3.52. The van der Waals surface area contributed by atoms with Crippen LogP contribution in [0.5, 0.6) is 0 Å². The fourth-order valence-corrected chi connectivity index (χ4v) is 1.64. The molecule has 0 aromatic carbocycles. The summed E-state index contributed by atoms with van der Waals surface area (Å²) in [7, 11) is 2.98. The first-order chi connectivity index (χ1) is 7.89. The van der Waals surface area contributed by atoms with Gasteiger partial charge in [-0.1, -0.05) is 6.08 Å². The van der Waals surface area contributed by atoms with Gasteiger partial charge in [0.25, 0.3) is 0 Å². The van der Waals surface area contributed by atoms with Crippen LogP contribution in [0, 0.1) is 0 Å². The van der Waals surface area contributed by atoms with Gasteiger partial charge in [0, 0.05) is 25.4 Å². The predicted molar refractivity (Wildman–Crippen MR) is 62.9 cm³/mol. The van der Waals surface area contributed by atoms with Gasteiger partial charge in [-0.25, -0.2) is 0 Å². The van der Waals surface area contributed by atoms with E-state index >= 15 is 0 Å². The quantitative estimate of drug-likeness (QED) is 0.690. The smallest absolute Gasteiger partial charge is 0.248 e. The molecule has 5 nitrogen and oxygen atoms in total. The maximum Gasteiger partial charge on any atom is 0.248 e. The van der Waals surface area contributed by atoms with E-state index in [-0.39, 0.29) is 5.57 Å². The summed E-state index contributed by atoms with van der Waals surface area (Å²) in [6, 6.07) is 0. The van der Waals surface area contributed by atoms with Gasteiger partial charge in [-0.3, -0.25) is 4.79 Å². The number of nitrogens with two attached hydrogens (primary N) is 1. The van der Waals surface area contributed by atoms with Crippen LogP contribution in [0.4, 0.5) is 0 Å². The van der Waals surface area contributed by atoms with Gasteiger partial charge in [-0.2, -0.15) is 0 Å².